The minimum absolute atomic E-state index is 0.0920. The molecule has 4 nitrogen and oxygen atoms in total. The van der Waals surface area contributed by atoms with Crippen molar-refractivity contribution in [3.8, 4) is 0 Å². The molecule has 0 spiro atoms. The SMILES string of the molecule is [2H]c1nc(N2C([2H])([2H])C([2H])([2H])C([2H])(O)C([2H])([2H])C2([2H])[2H])nc(Br)c1[2H]. The summed E-state index contributed by atoms with van der Waals surface area (Å²) in [5, 5.41) is 10.0. The molecule has 2 heterocycles. The average Bonchev–Trinajstić information content (AvgIpc) is 2.42. The first kappa shape index (κ1) is 3.15. The van der Waals surface area contributed by atoms with Crippen LogP contribution in [0.2, 0.25) is 0 Å². The molecule has 1 saturated heterocycles. The fourth-order valence-electron chi connectivity index (χ4n) is 0.742. The highest BCUT2D eigenvalue weighted by molar-refractivity contribution is 9.10. The van der Waals surface area contributed by atoms with E-state index in [0.717, 1.165) is 0 Å². The zero-order valence-corrected chi connectivity index (χ0v) is 8.25. The van der Waals surface area contributed by atoms with E-state index >= 15 is 0 Å². The predicted octanol–water partition coefficient (Wildman–Crippen LogP) is 1.20. The quantitative estimate of drug-likeness (QED) is 0.778. The van der Waals surface area contributed by atoms with Crippen molar-refractivity contribution in [3.05, 3.63) is 16.8 Å². The zero-order valence-electron chi connectivity index (χ0n) is 17.7. The van der Waals surface area contributed by atoms with Gasteiger partial charge >= 0.3 is 0 Å². The lowest BCUT2D eigenvalue weighted by Gasteiger charge is -2.29. The minimum Gasteiger partial charge on any atom is -0.393 e. The van der Waals surface area contributed by atoms with Crippen molar-refractivity contribution in [2.45, 2.75) is 18.8 Å². The highest BCUT2D eigenvalue weighted by Gasteiger charge is 2.18. The van der Waals surface area contributed by atoms with E-state index in [-0.39, 0.29) is 9.50 Å². The lowest BCUT2D eigenvalue weighted by molar-refractivity contribution is 0.145. The first-order valence-corrected chi connectivity index (χ1v) is 4.27. The van der Waals surface area contributed by atoms with Crippen LogP contribution in [0.1, 0.15) is 27.8 Å². The van der Waals surface area contributed by atoms with Gasteiger partial charge in [0.25, 0.3) is 0 Å². The van der Waals surface area contributed by atoms with Gasteiger partial charge in [0.1, 0.15) is 4.60 Å². The Bertz CT molecular complexity index is 672. The van der Waals surface area contributed by atoms with Crippen LogP contribution in [-0.4, -0.2) is 34.1 Å². The van der Waals surface area contributed by atoms with Crippen LogP contribution in [0.3, 0.4) is 0 Å². The molecule has 1 aliphatic rings. The molecular weight excluding hydrogens is 246 g/mol. The number of nitrogens with zero attached hydrogens (tertiary/aromatic N) is 3. The maximum absolute atomic E-state index is 10.0. The monoisotopic (exact) mass is 268 g/mol. The predicted molar refractivity (Wildman–Crippen MR) is 57.2 cm³/mol. The van der Waals surface area contributed by atoms with Crippen molar-refractivity contribution in [1.82, 2.24) is 9.97 Å². The van der Waals surface area contributed by atoms with Gasteiger partial charge in [-0.25, -0.2) is 9.97 Å². The van der Waals surface area contributed by atoms with Crippen LogP contribution < -0.4 is 4.90 Å². The molecule has 1 N–H and O–H groups in total. The molecule has 14 heavy (non-hydrogen) atoms. The van der Waals surface area contributed by atoms with Crippen LogP contribution in [0, 0.1) is 0 Å². The Labute approximate surface area is 107 Å². The molecule has 5 heteroatoms. The summed E-state index contributed by atoms with van der Waals surface area (Å²) >= 11 is 2.81. The summed E-state index contributed by atoms with van der Waals surface area (Å²) in [6.07, 6.45) is -11.8. The summed E-state index contributed by atoms with van der Waals surface area (Å²) in [6.45, 7) is -6.96. The average molecular weight is 269 g/mol. The molecule has 0 unspecified atom stereocenters. The molecule has 1 fully saturated rings. The molecule has 1 aliphatic heterocycles. The van der Waals surface area contributed by atoms with E-state index < -0.39 is 50.0 Å². The van der Waals surface area contributed by atoms with Gasteiger partial charge in [0.2, 0.25) is 5.95 Å². The number of halogens is 1. The smallest absolute Gasteiger partial charge is 0.226 e. The molecule has 0 aliphatic carbocycles. The molecule has 0 aromatic carbocycles. The third kappa shape index (κ3) is 2.22. The van der Waals surface area contributed by atoms with E-state index in [1.54, 1.807) is 0 Å². The Kier molecular flexibility index (Phi) is 0.953. The minimum atomic E-state index is -3.79. The standard InChI is InChI=1S/C9H12BrN3O/c10-8-1-4-11-9(12-8)13-5-2-7(14)3-6-13/h1,4,7,14H,2-3,5-6H2/i1D,2D2,3D2,4D,5D2,6D2,7D. The summed E-state index contributed by atoms with van der Waals surface area (Å²) in [5.74, 6) is -0.911. The van der Waals surface area contributed by atoms with Gasteiger partial charge in [0, 0.05) is 30.1 Å². The molecule has 0 atom stereocenters. The van der Waals surface area contributed by atoms with Crippen molar-refractivity contribution in [2.75, 3.05) is 17.9 Å². The molecule has 1 aromatic rings. The lowest BCUT2D eigenvalue weighted by atomic mass is 10.1. The number of piperidine rings is 1. The van der Waals surface area contributed by atoms with Crippen LogP contribution in [0.5, 0.6) is 0 Å². The van der Waals surface area contributed by atoms with Crippen molar-refractivity contribution in [3.63, 3.8) is 0 Å². The highest BCUT2D eigenvalue weighted by Crippen LogP contribution is 2.17. The highest BCUT2D eigenvalue weighted by atomic mass is 79.9. The number of hydrogen-bond acceptors (Lipinski definition) is 4. The van der Waals surface area contributed by atoms with E-state index in [1.165, 1.54) is 0 Å². The Morgan fingerprint density at radius 1 is 1.71 bits per heavy atom. The summed E-state index contributed by atoms with van der Waals surface area (Å²) in [5.41, 5.74) is 0. The fourth-order valence-corrected chi connectivity index (χ4v) is 0.989. The molecule has 2 rings (SSSR count). The molecule has 0 saturated carbocycles. The molecule has 0 amide bonds. The second-order valence-corrected chi connectivity index (χ2v) is 2.96. The maximum atomic E-state index is 10.0. The fraction of sp³-hybridized carbons (Fsp3) is 0.556. The number of anilines is 1. The van der Waals surface area contributed by atoms with Crippen molar-refractivity contribution in [2.24, 2.45) is 0 Å². The normalized spacial score (nSPS) is 46.7. The Morgan fingerprint density at radius 2 is 2.43 bits per heavy atom. The second-order valence-electron chi connectivity index (χ2n) is 2.21. The van der Waals surface area contributed by atoms with Crippen molar-refractivity contribution < 1.29 is 20.2 Å². The topological polar surface area (TPSA) is 49.2 Å². The van der Waals surface area contributed by atoms with E-state index in [0.29, 0.717) is 0 Å². The molecule has 0 bridgehead atoms. The summed E-state index contributed by atoms with van der Waals surface area (Å²) in [7, 11) is 0. The van der Waals surface area contributed by atoms with Gasteiger partial charge in [-0.15, -0.1) is 0 Å². The van der Waals surface area contributed by atoms with Crippen LogP contribution in [0.4, 0.5) is 5.95 Å². The summed E-state index contributed by atoms with van der Waals surface area (Å²) < 4.78 is 85.0. The van der Waals surface area contributed by atoms with Crippen LogP contribution in [-0.2, 0) is 0 Å². The summed E-state index contributed by atoms with van der Waals surface area (Å²) in [4.78, 5) is 6.94. The molecular formula is C9H12BrN3O. The van der Waals surface area contributed by atoms with Crippen LogP contribution >= 0.6 is 15.9 Å². The molecule has 1 aromatic heterocycles. The number of aliphatic hydroxyl groups is 1. The first-order valence-electron chi connectivity index (χ1n) is 8.98. The van der Waals surface area contributed by atoms with Gasteiger partial charge in [0.15, 0.2) is 0 Å². The zero-order chi connectivity index (χ0) is 19.8. The van der Waals surface area contributed by atoms with Crippen LogP contribution in [0.25, 0.3) is 0 Å². The Morgan fingerprint density at radius 3 is 3.07 bits per heavy atom. The third-order valence-corrected chi connectivity index (χ3v) is 1.66. The lowest BCUT2D eigenvalue weighted by Crippen LogP contribution is -2.36. The van der Waals surface area contributed by atoms with E-state index in [1.807, 2.05) is 0 Å². The molecule has 0 radical (unpaired) electrons. The van der Waals surface area contributed by atoms with Gasteiger partial charge in [-0.3, -0.25) is 0 Å². The van der Waals surface area contributed by atoms with Crippen molar-refractivity contribution in [1.29, 1.82) is 0 Å². The van der Waals surface area contributed by atoms with Gasteiger partial charge in [-0.1, -0.05) is 0 Å². The van der Waals surface area contributed by atoms with Gasteiger partial charge < -0.3 is 10.0 Å². The molecule has 76 valence electrons. The largest absolute Gasteiger partial charge is 0.393 e. The number of aromatic nitrogens is 2. The number of rotatable bonds is 1. The second kappa shape index (κ2) is 4.23. The Hall–Kier alpha value is -0.680. The van der Waals surface area contributed by atoms with E-state index in [2.05, 4.69) is 25.9 Å². The van der Waals surface area contributed by atoms with Gasteiger partial charge in [-0.2, -0.15) is 0 Å². The van der Waals surface area contributed by atoms with E-state index in [9.17, 15) is 5.11 Å². The first-order chi connectivity index (χ1) is 10.9. The van der Waals surface area contributed by atoms with Gasteiger partial charge in [-0.05, 0) is 34.7 Å². The summed E-state index contributed by atoms with van der Waals surface area (Å²) in [6, 6.07) is -0.495. The van der Waals surface area contributed by atoms with Crippen LogP contribution in [0.15, 0.2) is 16.8 Å². The Balaban J connectivity index is 2.84. The maximum Gasteiger partial charge on any atom is 0.226 e. The van der Waals surface area contributed by atoms with E-state index in [4.69, 9.17) is 15.1 Å². The third-order valence-electron chi connectivity index (χ3n) is 1.29. The number of hydrogen-bond donors (Lipinski definition) is 1. The van der Waals surface area contributed by atoms with Gasteiger partial charge in [0.05, 0.1) is 10.2 Å². The van der Waals surface area contributed by atoms with Crippen molar-refractivity contribution >= 4 is 21.9 Å².